The van der Waals surface area contributed by atoms with Gasteiger partial charge in [0.2, 0.25) is 0 Å². The molecule has 1 aromatic carbocycles. The van der Waals surface area contributed by atoms with Crippen LogP contribution in [0.1, 0.15) is 46.0 Å². The Hall–Kier alpha value is -3.09. The molecule has 196 valence electrons. The molecule has 0 saturated carbocycles. The third-order valence-corrected chi connectivity index (χ3v) is 6.29. The predicted octanol–water partition coefficient (Wildman–Crippen LogP) is 5.55. The van der Waals surface area contributed by atoms with Gasteiger partial charge >= 0.3 is 6.18 Å². The van der Waals surface area contributed by atoms with Gasteiger partial charge < -0.3 is 10.6 Å². The van der Waals surface area contributed by atoms with E-state index in [2.05, 4.69) is 20.7 Å². The van der Waals surface area contributed by atoms with E-state index < -0.39 is 29.4 Å². The molecule has 0 aliphatic carbocycles. The molecule has 2 N–H and O–H groups in total. The Morgan fingerprint density at radius 2 is 1.86 bits per heavy atom. The number of rotatable bonds is 7. The largest absolute Gasteiger partial charge is 0.435 e. The van der Waals surface area contributed by atoms with Gasteiger partial charge in [-0.25, -0.2) is 9.67 Å². The fraction of sp³-hybridized carbons (Fsp3) is 0.261. The summed E-state index contributed by atoms with van der Waals surface area (Å²) in [4.78, 5) is 41.4. The summed E-state index contributed by atoms with van der Waals surface area (Å²) in [6, 6.07) is 6.22. The normalized spacial score (nSPS) is 12.2. The van der Waals surface area contributed by atoms with E-state index in [0.29, 0.717) is 16.3 Å². The third-order valence-electron chi connectivity index (χ3n) is 4.87. The number of halogens is 5. The summed E-state index contributed by atoms with van der Waals surface area (Å²) in [6.07, 6.45) is -3.56. The van der Waals surface area contributed by atoms with Crippen molar-refractivity contribution in [2.75, 3.05) is 11.9 Å². The average Bonchev–Trinajstić information content (AvgIpc) is 3.25. The Balaban J connectivity index is 1.99. The highest BCUT2D eigenvalue weighted by atomic mass is 35.5. The quantitative estimate of drug-likeness (QED) is 0.383. The van der Waals surface area contributed by atoms with E-state index in [-0.39, 0.29) is 44.0 Å². The van der Waals surface area contributed by atoms with E-state index in [9.17, 15) is 27.6 Å². The fourth-order valence-corrected chi connectivity index (χ4v) is 4.51. The molecule has 8 nitrogen and oxygen atoms in total. The van der Waals surface area contributed by atoms with Gasteiger partial charge in [-0.2, -0.15) is 18.3 Å². The van der Waals surface area contributed by atoms with Crippen molar-refractivity contribution in [1.82, 2.24) is 20.1 Å². The summed E-state index contributed by atoms with van der Waals surface area (Å²) in [5.41, 5.74) is -1.44. The fourth-order valence-electron chi connectivity index (χ4n) is 3.30. The zero-order valence-corrected chi connectivity index (χ0v) is 21.9. The molecular weight excluding hydrogens is 554 g/mol. The van der Waals surface area contributed by atoms with Crippen molar-refractivity contribution in [3.63, 3.8) is 0 Å². The van der Waals surface area contributed by atoms with Crippen LogP contribution in [0, 0.1) is 6.92 Å². The summed E-state index contributed by atoms with van der Waals surface area (Å²) < 4.78 is 41.0. The third kappa shape index (κ3) is 7.02. The van der Waals surface area contributed by atoms with Crippen LogP contribution in [0.5, 0.6) is 0 Å². The standard InChI is InChI=1S/C23H20Cl2F3N5O3S/c1-11-7-14(24)8-15(21(35)30-10-12(2)37-13(3)34)19(11)31-22(36)17-9-18(23(26,27)28)32-33(17)20-16(25)5-4-6-29-20/h4-9,12H,10H2,1-3H3,(H,30,35)(H,31,36). The number of hydrogen-bond acceptors (Lipinski definition) is 6. The predicted molar refractivity (Wildman–Crippen MR) is 136 cm³/mol. The topological polar surface area (TPSA) is 106 Å². The summed E-state index contributed by atoms with van der Waals surface area (Å²) in [5, 5.41) is 8.49. The van der Waals surface area contributed by atoms with E-state index >= 15 is 0 Å². The van der Waals surface area contributed by atoms with Crippen LogP contribution in [0.3, 0.4) is 0 Å². The second-order valence-corrected chi connectivity index (χ2v) is 10.3. The molecule has 3 rings (SSSR count). The zero-order chi connectivity index (χ0) is 27.5. The van der Waals surface area contributed by atoms with E-state index in [1.165, 1.54) is 37.4 Å². The lowest BCUT2D eigenvalue weighted by molar-refractivity contribution is -0.141. The second kappa shape index (κ2) is 11.5. The SMILES string of the molecule is CC(=O)SC(C)CNC(=O)c1cc(Cl)cc(C)c1NC(=O)c1cc(C(F)(F)F)nn1-c1ncccc1Cl. The van der Waals surface area contributed by atoms with Crippen molar-refractivity contribution >= 4 is 57.6 Å². The highest BCUT2D eigenvalue weighted by molar-refractivity contribution is 8.14. The van der Waals surface area contributed by atoms with Crippen molar-refractivity contribution in [3.8, 4) is 5.82 Å². The molecule has 2 amide bonds. The van der Waals surface area contributed by atoms with Gasteiger partial charge in [0.25, 0.3) is 11.8 Å². The molecule has 0 aliphatic heterocycles. The number of benzene rings is 1. The number of anilines is 1. The van der Waals surface area contributed by atoms with Gasteiger partial charge in [0.05, 0.1) is 16.3 Å². The number of carbonyl (C=O) groups excluding carboxylic acids is 3. The van der Waals surface area contributed by atoms with E-state index in [4.69, 9.17) is 23.2 Å². The van der Waals surface area contributed by atoms with Crippen LogP contribution in [-0.2, 0) is 11.0 Å². The first kappa shape index (κ1) is 28.5. The highest BCUT2D eigenvalue weighted by Crippen LogP contribution is 2.32. The number of thioether (sulfide) groups is 1. The van der Waals surface area contributed by atoms with Gasteiger partial charge in [0, 0.05) is 36.0 Å². The molecule has 0 bridgehead atoms. The summed E-state index contributed by atoms with van der Waals surface area (Å²) in [7, 11) is 0. The van der Waals surface area contributed by atoms with E-state index in [1.807, 2.05) is 0 Å². The molecule has 0 aliphatic rings. The number of alkyl halides is 3. The maximum atomic E-state index is 13.4. The first-order valence-electron chi connectivity index (χ1n) is 10.6. The number of aromatic nitrogens is 3. The highest BCUT2D eigenvalue weighted by Gasteiger charge is 2.37. The molecule has 2 aromatic heterocycles. The lowest BCUT2D eigenvalue weighted by Crippen LogP contribution is -2.31. The van der Waals surface area contributed by atoms with Gasteiger partial charge in [0.1, 0.15) is 5.69 Å². The van der Waals surface area contributed by atoms with Crippen LogP contribution >= 0.6 is 35.0 Å². The average molecular weight is 574 g/mol. The molecule has 0 radical (unpaired) electrons. The maximum Gasteiger partial charge on any atom is 0.435 e. The maximum absolute atomic E-state index is 13.4. The Morgan fingerprint density at radius 3 is 2.49 bits per heavy atom. The first-order chi connectivity index (χ1) is 17.3. The Bertz CT molecular complexity index is 1360. The molecule has 1 atom stereocenters. The van der Waals surface area contributed by atoms with Gasteiger partial charge in [-0.3, -0.25) is 14.4 Å². The van der Waals surface area contributed by atoms with Crippen molar-refractivity contribution in [2.45, 2.75) is 32.2 Å². The minimum atomic E-state index is -4.85. The molecular formula is C23H20Cl2F3N5O3S. The molecule has 0 spiro atoms. The lowest BCUT2D eigenvalue weighted by Gasteiger charge is -2.16. The Kier molecular flexibility index (Phi) is 8.88. The van der Waals surface area contributed by atoms with Crippen molar-refractivity contribution in [1.29, 1.82) is 0 Å². The number of nitrogens with one attached hydrogen (secondary N) is 2. The van der Waals surface area contributed by atoms with Crippen LogP contribution in [0.25, 0.3) is 5.82 Å². The first-order valence-corrected chi connectivity index (χ1v) is 12.3. The van der Waals surface area contributed by atoms with E-state index in [1.54, 1.807) is 13.8 Å². The molecule has 0 saturated heterocycles. The van der Waals surface area contributed by atoms with Crippen molar-refractivity contribution in [2.24, 2.45) is 0 Å². The zero-order valence-electron chi connectivity index (χ0n) is 19.6. The molecule has 14 heteroatoms. The van der Waals surface area contributed by atoms with Crippen LogP contribution < -0.4 is 10.6 Å². The molecule has 3 aromatic rings. The minimum Gasteiger partial charge on any atom is -0.351 e. The smallest absolute Gasteiger partial charge is 0.351 e. The lowest BCUT2D eigenvalue weighted by atomic mass is 10.1. The van der Waals surface area contributed by atoms with Gasteiger partial charge in [0.15, 0.2) is 16.6 Å². The van der Waals surface area contributed by atoms with Gasteiger partial charge in [-0.1, -0.05) is 41.9 Å². The van der Waals surface area contributed by atoms with Crippen molar-refractivity contribution < 1.29 is 27.6 Å². The monoisotopic (exact) mass is 573 g/mol. The Labute approximate surface area is 223 Å². The number of nitrogens with zero attached hydrogens (tertiary/aromatic N) is 3. The summed E-state index contributed by atoms with van der Waals surface area (Å²) >= 11 is 13.3. The molecule has 37 heavy (non-hydrogen) atoms. The van der Waals surface area contributed by atoms with Crippen LogP contribution in [0.15, 0.2) is 36.5 Å². The molecule has 0 fully saturated rings. The van der Waals surface area contributed by atoms with E-state index in [0.717, 1.165) is 11.8 Å². The number of carbonyl (C=O) groups is 3. The summed E-state index contributed by atoms with van der Waals surface area (Å²) in [6.45, 7) is 4.87. The number of pyridine rings is 1. The second-order valence-electron chi connectivity index (χ2n) is 7.86. The number of hydrogen-bond donors (Lipinski definition) is 2. The van der Waals surface area contributed by atoms with Crippen molar-refractivity contribution in [3.05, 3.63) is 69.1 Å². The van der Waals surface area contributed by atoms with Gasteiger partial charge in [-0.15, -0.1) is 0 Å². The minimum absolute atomic E-state index is 0.0173. The molecule has 1 unspecified atom stereocenters. The van der Waals surface area contributed by atoms with Crippen LogP contribution in [0.4, 0.5) is 18.9 Å². The molecule has 2 heterocycles. The summed E-state index contributed by atoms with van der Waals surface area (Å²) in [5.74, 6) is -1.79. The van der Waals surface area contributed by atoms with Crippen LogP contribution in [-0.4, -0.2) is 43.5 Å². The Morgan fingerprint density at radius 1 is 1.16 bits per heavy atom. The van der Waals surface area contributed by atoms with Crippen LogP contribution in [0.2, 0.25) is 10.0 Å². The van der Waals surface area contributed by atoms with Gasteiger partial charge in [-0.05, 0) is 36.8 Å². The number of aryl methyl sites for hydroxylation is 1. The number of amides is 2.